The van der Waals surface area contributed by atoms with E-state index in [1.54, 1.807) is 5.56 Å². The van der Waals surface area contributed by atoms with Gasteiger partial charge in [0.1, 0.15) is 0 Å². The first kappa shape index (κ1) is 13.6. The Bertz CT molecular complexity index is 351. The zero-order chi connectivity index (χ0) is 12.6. The van der Waals surface area contributed by atoms with Crippen molar-refractivity contribution in [2.24, 2.45) is 0 Å². The minimum absolute atomic E-state index is 0.340. The number of hydrogen-bond acceptors (Lipinski definition) is 2. The molecule has 2 heteroatoms. The average molecular weight is 247 g/mol. The molecule has 1 aliphatic rings. The summed E-state index contributed by atoms with van der Waals surface area (Å²) in [6.07, 6.45) is 8.26. The number of unbranched alkanes of at least 4 members (excludes halogenated alkanes) is 3. The third-order valence-electron chi connectivity index (χ3n) is 3.86. The molecule has 0 fully saturated rings. The van der Waals surface area contributed by atoms with Gasteiger partial charge in [0.05, 0.1) is 0 Å². The van der Waals surface area contributed by atoms with E-state index in [0.717, 1.165) is 19.4 Å². The Kier molecular flexibility index (Phi) is 5.69. The Morgan fingerprint density at radius 2 is 1.83 bits per heavy atom. The second-order valence-corrected chi connectivity index (χ2v) is 5.30. The van der Waals surface area contributed by atoms with Gasteiger partial charge in [-0.3, -0.25) is 0 Å². The molecule has 0 spiro atoms. The lowest BCUT2D eigenvalue weighted by Gasteiger charge is -2.25. The van der Waals surface area contributed by atoms with Gasteiger partial charge in [-0.05, 0) is 49.8 Å². The molecule has 0 saturated heterocycles. The molecule has 18 heavy (non-hydrogen) atoms. The number of benzene rings is 1. The van der Waals surface area contributed by atoms with Crippen molar-refractivity contribution < 1.29 is 5.11 Å². The third-order valence-corrected chi connectivity index (χ3v) is 3.86. The largest absolute Gasteiger partial charge is 0.396 e. The molecule has 1 aliphatic carbocycles. The van der Waals surface area contributed by atoms with Crippen molar-refractivity contribution in [3.8, 4) is 0 Å². The van der Waals surface area contributed by atoms with Crippen molar-refractivity contribution in [3.63, 3.8) is 0 Å². The standard InChI is InChI=1S/C16H25NO/c18-12-6-2-1-5-11-17-16-10-9-14-7-3-4-8-15(14)13-16/h3-4,7-8,16-18H,1-2,5-6,9-13H2. The van der Waals surface area contributed by atoms with Crippen molar-refractivity contribution in [3.05, 3.63) is 35.4 Å². The van der Waals surface area contributed by atoms with Crippen molar-refractivity contribution in [2.45, 2.75) is 51.0 Å². The summed E-state index contributed by atoms with van der Waals surface area (Å²) in [6.45, 7) is 1.46. The lowest BCUT2D eigenvalue weighted by molar-refractivity contribution is 0.282. The molecule has 1 aromatic rings. The van der Waals surface area contributed by atoms with E-state index >= 15 is 0 Å². The van der Waals surface area contributed by atoms with E-state index in [-0.39, 0.29) is 0 Å². The topological polar surface area (TPSA) is 32.3 Å². The molecule has 0 radical (unpaired) electrons. The highest BCUT2D eigenvalue weighted by molar-refractivity contribution is 5.30. The predicted molar refractivity (Wildman–Crippen MR) is 75.8 cm³/mol. The maximum absolute atomic E-state index is 8.70. The molecule has 2 nitrogen and oxygen atoms in total. The van der Waals surface area contributed by atoms with E-state index in [1.165, 1.54) is 37.7 Å². The van der Waals surface area contributed by atoms with E-state index in [0.29, 0.717) is 12.6 Å². The van der Waals surface area contributed by atoms with Gasteiger partial charge in [0.25, 0.3) is 0 Å². The molecule has 0 aliphatic heterocycles. The first-order valence-corrected chi connectivity index (χ1v) is 7.31. The monoisotopic (exact) mass is 247 g/mol. The minimum Gasteiger partial charge on any atom is -0.396 e. The smallest absolute Gasteiger partial charge is 0.0431 e. The Morgan fingerprint density at radius 1 is 1.06 bits per heavy atom. The summed E-state index contributed by atoms with van der Waals surface area (Å²) in [7, 11) is 0. The highest BCUT2D eigenvalue weighted by atomic mass is 16.2. The number of aliphatic hydroxyl groups is 1. The van der Waals surface area contributed by atoms with Crippen LogP contribution in [0.1, 0.15) is 43.2 Å². The van der Waals surface area contributed by atoms with Crippen LogP contribution in [0.2, 0.25) is 0 Å². The summed E-state index contributed by atoms with van der Waals surface area (Å²) in [5, 5.41) is 12.4. The summed E-state index contributed by atoms with van der Waals surface area (Å²) in [5.74, 6) is 0. The molecule has 100 valence electrons. The van der Waals surface area contributed by atoms with Crippen molar-refractivity contribution in [2.75, 3.05) is 13.2 Å². The van der Waals surface area contributed by atoms with Crippen LogP contribution >= 0.6 is 0 Å². The lowest BCUT2D eigenvalue weighted by atomic mass is 9.88. The van der Waals surface area contributed by atoms with Crippen LogP contribution in [-0.4, -0.2) is 24.3 Å². The molecule has 0 aromatic heterocycles. The molecule has 2 N–H and O–H groups in total. The summed E-state index contributed by atoms with van der Waals surface area (Å²) < 4.78 is 0. The van der Waals surface area contributed by atoms with Crippen LogP contribution in [0.15, 0.2) is 24.3 Å². The van der Waals surface area contributed by atoms with Gasteiger partial charge in [0.2, 0.25) is 0 Å². The number of rotatable bonds is 7. The van der Waals surface area contributed by atoms with E-state index < -0.39 is 0 Å². The van der Waals surface area contributed by atoms with Gasteiger partial charge in [-0.2, -0.15) is 0 Å². The van der Waals surface area contributed by atoms with E-state index in [9.17, 15) is 0 Å². The zero-order valence-corrected chi connectivity index (χ0v) is 11.2. The second-order valence-electron chi connectivity index (χ2n) is 5.30. The van der Waals surface area contributed by atoms with E-state index in [2.05, 4.69) is 29.6 Å². The molecule has 0 bridgehead atoms. The fraction of sp³-hybridized carbons (Fsp3) is 0.625. The molecular weight excluding hydrogens is 222 g/mol. The fourth-order valence-corrected chi connectivity index (χ4v) is 2.77. The van der Waals surface area contributed by atoms with E-state index in [4.69, 9.17) is 5.11 Å². The molecule has 0 heterocycles. The number of aryl methyl sites for hydroxylation is 1. The van der Waals surface area contributed by atoms with Gasteiger partial charge < -0.3 is 10.4 Å². The van der Waals surface area contributed by atoms with Gasteiger partial charge >= 0.3 is 0 Å². The number of aliphatic hydroxyl groups excluding tert-OH is 1. The maximum atomic E-state index is 8.70. The van der Waals surface area contributed by atoms with Crippen LogP contribution in [0.25, 0.3) is 0 Å². The lowest BCUT2D eigenvalue weighted by Crippen LogP contribution is -2.35. The second kappa shape index (κ2) is 7.55. The number of nitrogens with one attached hydrogen (secondary N) is 1. The van der Waals surface area contributed by atoms with Crippen LogP contribution in [0, 0.1) is 0 Å². The summed E-state index contributed by atoms with van der Waals surface area (Å²) >= 11 is 0. The van der Waals surface area contributed by atoms with Crippen LogP contribution in [0.3, 0.4) is 0 Å². The van der Waals surface area contributed by atoms with Crippen molar-refractivity contribution in [1.82, 2.24) is 5.32 Å². The molecule has 1 aromatic carbocycles. The Balaban J connectivity index is 1.64. The highest BCUT2D eigenvalue weighted by Crippen LogP contribution is 2.20. The molecule has 0 amide bonds. The van der Waals surface area contributed by atoms with Crippen LogP contribution in [-0.2, 0) is 12.8 Å². The van der Waals surface area contributed by atoms with Crippen LogP contribution in [0.5, 0.6) is 0 Å². The summed E-state index contributed by atoms with van der Waals surface area (Å²) in [5.41, 5.74) is 3.07. The quantitative estimate of drug-likeness (QED) is 0.726. The SMILES string of the molecule is OCCCCCCNC1CCc2ccccc2C1. The first-order chi connectivity index (χ1) is 8.90. The first-order valence-electron chi connectivity index (χ1n) is 7.31. The summed E-state index contributed by atoms with van der Waals surface area (Å²) in [4.78, 5) is 0. The van der Waals surface area contributed by atoms with Crippen molar-refractivity contribution in [1.29, 1.82) is 0 Å². The number of fused-ring (bicyclic) bond motifs is 1. The van der Waals surface area contributed by atoms with Crippen molar-refractivity contribution >= 4 is 0 Å². The molecular formula is C16H25NO. The van der Waals surface area contributed by atoms with Gasteiger partial charge in [-0.15, -0.1) is 0 Å². The van der Waals surface area contributed by atoms with Crippen LogP contribution in [0.4, 0.5) is 0 Å². The number of hydrogen-bond donors (Lipinski definition) is 2. The van der Waals surface area contributed by atoms with E-state index in [1.807, 2.05) is 0 Å². The Labute approximate surface area is 110 Å². The zero-order valence-electron chi connectivity index (χ0n) is 11.2. The predicted octanol–water partition coefficient (Wildman–Crippen LogP) is 2.69. The average Bonchev–Trinajstić information content (AvgIpc) is 2.42. The Hall–Kier alpha value is -0.860. The molecule has 0 saturated carbocycles. The maximum Gasteiger partial charge on any atom is 0.0431 e. The normalized spacial score (nSPS) is 18.6. The van der Waals surface area contributed by atoms with Gasteiger partial charge in [0, 0.05) is 12.6 Å². The highest BCUT2D eigenvalue weighted by Gasteiger charge is 2.16. The summed E-state index contributed by atoms with van der Waals surface area (Å²) in [6, 6.07) is 9.49. The molecule has 2 rings (SSSR count). The Morgan fingerprint density at radius 3 is 2.67 bits per heavy atom. The van der Waals surface area contributed by atoms with Gasteiger partial charge in [-0.1, -0.05) is 37.1 Å². The van der Waals surface area contributed by atoms with Gasteiger partial charge in [-0.25, -0.2) is 0 Å². The van der Waals surface area contributed by atoms with Gasteiger partial charge in [0.15, 0.2) is 0 Å². The third kappa shape index (κ3) is 4.11. The minimum atomic E-state index is 0.340. The fourth-order valence-electron chi connectivity index (χ4n) is 2.77. The molecule has 1 atom stereocenters. The van der Waals surface area contributed by atoms with Crippen LogP contribution < -0.4 is 5.32 Å². The molecule has 1 unspecified atom stereocenters.